The van der Waals surface area contributed by atoms with Gasteiger partial charge >= 0.3 is 0 Å². The fourth-order valence-electron chi connectivity index (χ4n) is 1.17. The van der Waals surface area contributed by atoms with E-state index in [0.29, 0.717) is 5.56 Å². The first kappa shape index (κ1) is 14.3. The second-order valence-electron chi connectivity index (χ2n) is 3.40. The molecule has 16 heavy (non-hydrogen) atoms. The second kappa shape index (κ2) is 7.56. The highest BCUT2D eigenvalue weighted by molar-refractivity contribution is 5.62. The molecule has 3 N–H and O–H groups in total. The second-order valence-corrected chi connectivity index (χ2v) is 3.40. The van der Waals surface area contributed by atoms with Crippen molar-refractivity contribution in [3.05, 3.63) is 23.8 Å². The lowest BCUT2D eigenvalue weighted by Crippen LogP contribution is -1.86. The van der Waals surface area contributed by atoms with Gasteiger partial charge in [0.2, 0.25) is 0 Å². The standard InChI is InChI=1S/C10H14O2.C2H4O2/c1-2-3-5-8-9(11)6-4-7-10(8)12;1-2(3)4/h4,6-7,11-12H,2-3,5H2,1H3;1H3,(H,3,4). The molecule has 90 valence electrons. The monoisotopic (exact) mass is 226 g/mol. The molecule has 0 spiro atoms. The van der Waals surface area contributed by atoms with Crippen molar-refractivity contribution in [1.82, 2.24) is 0 Å². The number of aliphatic carboxylic acids is 1. The van der Waals surface area contributed by atoms with Crippen molar-refractivity contribution in [1.29, 1.82) is 0 Å². The molecule has 0 heterocycles. The summed E-state index contributed by atoms with van der Waals surface area (Å²) in [5.41, 5.74) is 0.666. The van der Waals surface area contributed by atoms with E-state index in [4.69, 9.17) is 9.90 Å². The number of carboxylic acids is 1. The van der Waals surface area contributed by atoms with Crippen LogP contribution in [-0.4, -0.2) is 21.3 Å². The third-order valence-electron chi connectivity index (χ3n) is 1.91. The van der Waals surface area contributed by atoms with Crippen LogP contribution in [0.5, 0.6) is 11.5 Å². The zero-order valence-electron chi connectivity index (χ0n) is 9.60. The molecule has 0 aromatic heterocycles. The zero-order chi connectivity index (χ0) is 12.6. The molecule has 1 aromatic rings. The van der Waals surface area contributed by atoms with E-state index in [2.05, 4.69) is 6.92 Å². The molecule has 4 heteroatoms. The molecule has 0 bridgehead atoms. The van der Waals surface area contributed by atoms with E-state index in [1.165, 1.54) is 0 Å². The summed E-state index contributed by atoms with van der Waals surface area (Å²) in [7, 11) is 0. The lowest BCUT2D eigenvalue weighted by molar-refractivity contribution is -0.134. The van der Waals surface area contributed by atoms with Gasteiger partial charge in [-0.15, -0.1) is 0 Å². The molecule has 0 aliphatic heterocycles. The van der Waals surface area contributed by atoms with Gasteiger partial charge in [0.15, 0.2) is 0 Å². The molecule has 0 unspecified atom stereocenters. The highest BCUT2D eigenvalue weighted by Crippen LogP contribution is 2.27. The first-order chi connectivity index (χ1) is 7.49. The number of hydrogen-bond donors (Lipinski definition) is 3. The number of unbranched alkanes of at least 4 members (excludes halogenated alkanes) is 1. The van der Waals surface area contributed by atoms with E-state index >= 15 is 0 Å². The summed E-state index contributed by atoms with van der Waals surface area (Å²) < 4.78 is 0. The van der Waals surface area contributed by atoms with Crippen molar-refractivity contribution in [3.63, 3.8) is 0 Å². The molecule has 0 fully saturated rings. The number of carboxylic acid groups (broad SMARTS) is 1. The van der Waals surface area contributed by atoms with Crippen LogP contribution in [0.2, 0.25) is 0 Å². The van der Waals surface area contributed by atoms with E-state index in [0.717, 1.165) is 26.2 Å². The lowest BCUT2D eigenvalue weighted by Gasteiger charge is -2.05. The molecular formula is C12H18O4. The van der Waals surface area contributed by atoms with Crippen molar-refractivity contribution in [2.45, 2.75) is 33.1 Å². The quantitative estimate of drug-likeness (QED) is 0.740. The summed E-state index contributed by atoms with van der Waals surface area (Å²) >= 11 is 0. The maximum absolute atomic E-state index is 9.36. The minimum absolute atomic E-state index is 0.198. The smallest absolute Gasteiger partial charge is 0.300 e. The van der Waals surface area contributed by atoms with Gasteiger partial charge in [-0.1, -0.05) is 19.4 Å². The van der Waals surface area contributed by atoms with Gasteiger partial charge in [-0.05, 0) is 25.0 Å². The average Bonchev–Trinajstić information content (AvgIpc) is 2.16. The van der Waals surface area contributed by atoms with E-state index in [1.807, 2.05) is 0 Å². The summed E-state index contributed by atoms with van der Waals surface area (Å²) in [6.07, 6.45) is 2.80. The summed E-state index contributed by atoms with van der Waals surface area (Å²) in [5.74, 6) is -0.438. The Balaban J connectivity index is 0.000000487. The summed E-state index contributed by atoms with van der Waals surface area (Å²) in [6.45, 7) is 3.16. The van der Waals surface area contributed by atoms with Crippen molar-refractivity contribution < 1.29 is 20.1 Å². The molecule has 0 radical (unpaired) electrons. The first-order valence-electron chi connectivity index (χ1n) is 5.18. The predicted molar refractivity (Wildman–Crippen MR) is 61.7 cm³/mol. The normalized spacial score (nSPS) is 9.12. The number of hydrogen-bond acceptors (Lipinski definition) is 3. The average molecular weight is 226 g/mol. The van der Waals surface area contributed by atoms with Gasteiger partial charge in [0.25, 0.3) is 5.97 Å². The third-order valence-corrected chi connectivity index (χ3v) is 1.91. The van der Waals surface area contributed by atoms with E-state index < -0.39 is 5.97 Å². The molecule has 0 amide bonds. The molecule has 1 rings (SSSR count). The molecule has 1 aromatic carbocycles. The SMILES string of the molecule is CC(=O)O.CCCCc1c(O)cccc1O. The van der Waals surface area contributed by atoms with Gasteiger partial charge < -0.3 is 15.3 Å². The number of aromatic hydroxyl groups is 2. The van der Waals surface area contributed by atoms with Gasteiger partial charge in [0.05, 0.1) is 0 Å². The lowest BCUT2D eigenvalue weighted by atomic mass is 10.1. The molecule has 4 nitrogen and oxygen atoms in total. The van der Waals surface area contributed by atoms with E-state index in [-0.39, 0.29) is 11.5 Å². The van der Waals surface area contributed by atoms with Gasteiger partial charge in [0.1, 0.15) is 11.5 Å². The van der Waals surface area contributed by atoms with Crippen LogP contribution in [0.15, 0.2) is 18.2 Å². The zero-order valence-corrected chi connectivity index (χ0v) is 9.60. The van der Waals surface area contributed by atoms with Crippen LogP contribution >= 0.6 is 0 Å². The summed E-state index contributed by atoms with van der Waals surface area (Å²) in [5, 5.41) is 26.1. The number of benzene rings is 1. The van der Waals surface area contributed by atoms with E-state index in [9.17, 15) is 10.2 Å². The van der Waals surface area contributed by atoms with Crippen molar-refractivity contribution in [2.75, 3.05) is 0 Å². The number of carbonyl (C=O) groups is 1. The highest BCUT2D eigenvalue weighted by atomic mass is 16.4. The van der Waals surface area contributed by atoms with Crippen LogP contribution in [0.1, 0.15) is 32.3 Å². The van der Waals surface area contributed by atoms with Crippen LogP contribution in [0, 0.1) is 0 Å². The Labute approximate surface area is 95.2 Å². The fourth-order valence-corrected chi connectivity index (χ4v) is 1.17. The van der Waals surface area contributed by atoms with Crippen LogP contribution in [0.3, 0.4) is 0 Å². The summed E-state index contributed by atoms with van der Waals surface area (Å²) in [6, 6.07) is 4.84. The number of phenols is 2. The minimum Gasteiger partial charge on any atom is -0.508 e. The Morgan fingerprint density at radius 2 is 1.69 bits per heavy atom. The van der Waals surface area contributed by atoms with Gasteiger partial charge in [-0.2, -0.15) is 0 Å². The molecule has 0 aliphatic carbocycles. The maximum Gasteiger partial charge on any atom is 0.300 e. The Kier molecular flexibility index (Phi) is 6.76. The first-order valence-corrected chi connectivity index (χ1v) is 5.18. The van der Waals surface area contributed by atoms with Crippen molar-refractivity contribution in [3.8, 4) is 11.5 Å². The molecule has 0 aliphatic rings. The minimum atomic E-state index is -0.833. The van der Waals surface area contributed by atoms with Crippen LogP contribution in [-0.2, 0) is 11.2 Å². The van der Waals surface area contributed by atoms with Gasteiger partial charge in [-0.25, -0.2) is 0 Å². The largest absolute Gasteiger partial charge is 0.508 e. The topological polar surface area (TPSA) is 77.8 Å². The Morgan fingerprint density at radius 1 is 1.25 bits per heavy atom. The Morgan fingerprint density at radius 3 is 2.06 bits per heavy atom. The highest BCUT2D eigenvalue weighted by Gasteiger charge is 2.04. The predicted octanol–water partition coefficient (Wildman–Crippen LogP) is 2.53. The number of phenolic OH excluding ortho intramolecular Hbond substituents is 2. The molecule has 0 atom stereocenters. The molecule has 0 saturated heterocycles. The van der Waals surface area contributed by atoms with Crippen LogP contribution in [0.4, 0.5) is 0 Å². The summed E-state index contributed by atoms with van der Waals surface area (Å²) in [4.78, 5) is 9.00. The van der Waals surface area contributed by atoms with Crippen molar-refractivity contribution in [2.24, 2.45) is 0 Å². The molecular weight excluding hydrogens is 208 g/mol. The Hall–Kier alpha value is -1.71. The number of rotatable bonds is 3. The molecule has 0 saturated carbocycles. The van der Waals surface area contributed by atoms with Gasteiger partial charge in [-0.3, -0.25) is 4.79 Å². The van der Waals surface area contributed by atoms with Crippen molar-refractivity contribution >= 4 is 5.97 Å². The van der Waals surface area contributed by atoms with E-state index in [1.54, 1.807) is 18.2 Å². The third kappa shape index (κ3) is 5.90. The maximum atomic E-state index is 9.36. The van der Waals surface area contributed by atoms with Crippen LogP contribution < -0.4 is 0 Å². The Bertz CT molecular complexity index is 310. The van der Waals surface area contributed by atoms with Gasteiger partial charge in [0, 0.05) is 12.5 Å². The fraction of sp³-hybridized carbons (Fsp3) is 0.417. The van der Waals surface area contributed by atoms with Crippen LogP contribution in [0.25, 0.3) is 0 Å².